The fraction of sp³-hybridized carbons (Fsp3) is 1.00. The molecule has 5 heavy (non-hydrogen) atoms. The second kappa shape index (κ2) is 16.6. The van der Waals surface area contributed by atoms with Crippen LogP contribution in [0.5, 0.6) is 0 Å². The van der Waals surface area contributed by atoms with Crippen molar-refractivity contribution in [2.75, 3.05) is 5.34 Å². The molecular formula is CH2BrCl2Na. The second-order valence-corrected chi connectivity index (χ2v) is 0.909. The van der Waals surface area contributed by atoms with Crippen LogP contribution in [0.15, 0.2) is 0 Å². The van der Waals surface area contributed by atoms with Crippen LogP contribution >= 0.6 is 23.2 Å². The molecule has 0 radical (unpaired) electrons. The van der Waals surface area contributed by atoms with Crippen LogP contribution in [-0.4, -0.2) is 5.34 Å². The Morgan fingerprint density at radius 1 is 1.20 bits per heavy atom. The molecule has 0 aromatic rings. The normalized spacial score (nSPS) is 3.60. The molecule has 0 unspecified atom stereocenters. The van der Waals surface area contributed by atoms with E-state index >= 15 is 0 Å². The maximum absolute atomic E-state index is 4.76. The summed E-state index contributed by atoms with van der Waals surface area (Å²) >= 11 is 9.53. The molecule has 0 saturated heterocycles. The predicted octanol–water partition coefficient (Wildman–Crippen LogP) is -4.57. The van der Waals surface area contributed by atoms with Crippen molar-refractivity contribution in [3.8, 4) is 0 Å². The first kappa shape index (κ1) is 15.7. The van der Waals surface area contributed by atoms with E-state index in [9.17, 15) is 0 Å². The summed E-state index contributed by atoms with van der Waals surface area (Å²) in [6.07, 6.45) is 0. The fourth-order valence-electron chi connectivity index (χ4n) is 0. The zero-order valence-corrected chi connectivity index (χ0v) is 7.94. The van der Waals surface area contributed by atoms with Gasteiger partial charge in [-0.25, -0.2) is 0 Å². The third-order valence-corrected chi connectivity index (χ3v) is 0. The van der Waals surface area contributed by atoms with E-state index in [1.165, 1.54) is 0 Å². The van der Waals surface area contributed by atoms with Crippen molar-refractivity contribution < 1.29 is 46.5 Å². The van der Waals surface area contributed by atoms with Gasteiger partial charge in [-0.15, -0.1) is 23.2 Å². The summed E-state index contributed by atoms with van der Waals surface area (Å²) in [4.78, 5) is 0. The molecule has 0 aliphatic rings. The molecule has 0 aromatic heterocycles. The molecule has 0 nitrogen and oxygen atoms in total. The first-order valence-corrected chi connectivity index (χ1v) is 1.60. The molecule has 0 fully saturated rings. The predicted molar refractivity (Wildman–Crippen MR) is 16.6 cm³/mol. The van der Waals surface area contributed by atoms with Crippen LogP contribution < -0.4 is 46.5 Å². The quantitative estimate of drug-likeness (QED) is 0.265. The molecule has 0 aliphatic heterocycles. The molecule has 0 rings (SSSR count). The molecule has 0 heterocycles. The van der Waals surface area contributed by atoms with Gasteiger partial charge in [0.1, 0.15) is 0 Å². The van der Waals surface area contributed by atoms with Crippen molar-refractivity contribution in [3.05, 3.63) is 0 Å². The van der Waals surface area contributed by atoms with E-state index in [-0.39, 0.29) is 51.9 Å². The van der Waals surface area contributed by atoms with Crippen molar-refractivity contribution in [2.24, 2.45) is 0 Å². The van der Waals surface area contributed by atoms with Crippen LogP contribution in [0.25, 0.3) is 0 Å². The standard InChI is InChI=1S/CH2Cl2.BrH.Na/c2-1-3;;/h1H2;1H;/q;;+1/p-1. The molecule has 0 atom stereocenters. The Morgan fingerprint density at radius 3 is 1.20 bits per heavy atom. The van der Waals surface area contributed by atoms with Gasteiger partial charge in [-0.2, -0.15) is 0 Å². The number of rotatable bonds is 0. The van der Waals surface area contributed by atoms with Crippen LogP contribution in [0.1, 0.15) is 0 Å². The minimum absolute atomic E-state index is 0. The Hall–Kier alpha value is 2.06. The van der Waals surface area contributed by atoms with Crippen molar-refractivity contribution in [1.29, 1.82) is 0 Å². The molecule has 0 aromatic carbocycles. The van der Waals surface area contributed by atoms with Crippen molar-refractivity contribution in [2.45, 2.75) is 0 Å². The van der Waals surface area contributed by atoms with Crippen molar-refractivity contribution in [1.82, 2.24) is 0 Å². The van der Waals surface area contributed by atoms with Gasteiger partial charge >= 0.3 is 29.6 Å². The summed E-state index contributed by atoms with van der Waals surface area (Å²) in [5.74, 6) is 0. The van der Waals surface area contributed by atoms with Crippen molar-refractivity contribution in [3.63, 3.8) is 0 Å². The largest absolute Gasteiger partial charge is 1.00 e. The van der Waals surface area contributed by atoms with Gasteiger partial charge in [-0.3, -0.25) is 0 Å². The molecule has 0 N–H and O–H groups in total. The van der Waals surface area contributed by atoms with E-state index in [4.69, 9.17) is 23.2 Å². The first-order chi connectivity index (χ1) is 1.41. The number of hydrogen-bond donors (Lipinski definition) is 0. The van der Waals surface area contributed by atoms with E-state index in [0.717, 1.165) is 0 Å². The SMILES string of the molecule is ClCCl.[Br-].[Na+]. The first-order valence-electron chi connectivity index (χ1n) is 0.535. The fourth-order valence-corrected chi connectivity index (χ4v) is 0. The van der Waals surface area contributed by atoms with Gasteiger partial charge in [0.25, 0.3) is 0 Å². The zero-order chi connectivity index (χ0) is 2.71. The van der Waals surface area contributed by atoms with Gasteiger partial charge < -0.3 is 17.0 Å². The molecule has 0 aliphatic carbocycles. The average Bonchev–Trinajstić information content (AvgIpc) is 0.918. The van der Waals surface area contributed by atoms with Crippen LogP contribution in [0, 0.1) is 0 Å². The van der Waals surface area contributed by atoms with Crippen molar-refractivity contribution >= 4 is 23.2 Å². The Morgan fingerprint density at radius 2 is 1.20 bits per heavy atom. The second-order valence-electron chi connectivity index (χ2n) is 0.101. The molecule has 0 bridgehead atoms. The molecule has 28 valence electrons. The number of hydrogen-bond acceptors (Lipinski definition) is 0. The molecule has 0 saturated carbocycles. The molecule has 0 amide bonds. The minimum Gasteiger partial charge on any atom is -1.00 e. The molecule has 0 spiro atoms. The van der Waals surface area contributed by atoms with E-state index < -0.39 is 0 Å². The van der Waals surface area contributed by atoms with Gasteiger partial charge in [-0.1, -0.05) is 0 Å². The average molecular weight is 188 g/mol. The Kier molecular flexibility index (Phi) is 52.1. The van der Waals surface area contributed by atoms with Crippen LogP contribution in [0.3, 0.4) is 0 Å². The van der Waals surface area contributed by atoms with E-state index in [0.29, 0.717) is 0 Å². The smallest absolute Gasteiger partial charge is 1.00 e. The monoisotopic (exact) mass is 186 g/mol. The van der Waals surface area contributed by atoms with Gasteiger partial charge in [0.2, 0.25) is 0 Å². The summed E-state index contributed by atoms with van der Waals surface area (Å²) in [7, 11) is 0. The third kappa shape index (κ3) is 23.5. The van der Waals surface area contributed by atoms with Crippen LogP contribution in [0.2, 0.25) is 0 Å². The third-order valence-electron chi connectivity index (χ3n) is 0. The van der Waals surface area contributed by atoms with E-state index in [1.54, 1.807) is 0 Å². The summed E-state index contributed by atoms with van der Waals surface area (Å²) in [5.41, 5.74) is 0. The number of halogens is 3. The Labute approximate surface area is 74.3 Å². The Balaban J connectivity index is -0.0000000200. The van der Waals surface area contributed by atoms with Gasteiger partial charge in [-0.05, 0) is 0 Å². The van der Waals surface area contributed by atoms with E-state index in [1.807, 2.05) is 0 Å². The molecular weight excluding hydrogens is 186 g/mol. The minimum atomic E-state index is 0. The van der Waals surface area contributed by atoms with E-state index in [2.05, 4.69) is 0 Å². The summed E-state index contributed by atoms with van der Waals surface area (Å²) in [6, 6.07) is 0. The maximum Gasteiger partial charge on any atom is 1.00 e. The number of alkyl halides is 2. The molecule has 4 heteroatoms. The van der Waals surface area contributed by atoms with Crippen LogP contribution in [-0.2, 0) is 0 Å². The topological polar surface area (TPSA) is 0 Å². The summed E-state index contributed by atoms with van der Waals surface area (Å²) in [6.45, 7) is 0. The van der Waals surface area contributed by atoms with Crippen LogP contribution in [0.4, 0.5) is 0 Å². The summed E-state index contributed by atoms with van der Waals surface area (Å²) in [5, 5.41) is 0.194. The maximum atomic E-state index is 4.76. The van der Waals surface area contributed by atoms with Gasteiger partial charge in [0, 0.05) is 0 Å². The Bertz CT molecular complexity index is 9.61. The van der Waals surface area contributed by atoms with Gasteiger partial charge in [0.15, 0.2) is 0 Å². The van der Waals surface area contributed by atoms with Gasteiger partial charge in [0.05, 0.1) is 5.34 Å². The summed E-state index contributed by atoms with van der Waals surface area (Å²) < 4.78 is 0. The zero-order valence-electron chi connectivity index (χ0n) is 2.84.